The lowest BCUT2D eigenvalue weighted by Gasteiger charge is -2.04. The molecule has 5 heteroatoms. The first-order chi connectivity index (χ1) is 8.99. The molecule has 19 heavy (non-hydrogen) atoms. The second-order valence-corrected chi connectivity index (χ2v) is 5.51. The lowest BCUT2D eigenvalue weighted by Crippen LogP contribution is -2.17. The van der Waals surface area contributed by atoms with Gasteiger partial charge < -0.3 is 4.57 Å². The maximum Gasteiger partial charge on any atom is 0.307 e. The normalized spacial score (nSPS) is 10.7. The van der Waals surface area contributed by atoms with Crippen molar-refractivity contribution in [2.45, 2.75) is 26.8 Å². The molecule has 0 aliphatic rings. The second kappa shape index (κ2) is 5.48. The van der Waals surface area contributed by atoms with Crippen LogP contribution in [0.4, 0.5) is 4.39 Å². The fraction of sp³-hybridized carbons (Fsp3) is 0.286. The van der Waals surface area contributed by atoms with Gasteiger partial charge in [0.05, 0.1) is 0 Å². The van der Waals surface area contributed by atoms with Crippen LogP contribution in [0.5, 0.6) is 0 Å². The number of carbonyl (C=O) groups is 1. The zero-order valence-electron chi connectivity index (χ0n) is 10.8. The Labute approximate surface area is 114 Å². The van der Waals surface area contributed by atoms with Crippen LogP contribution in [-0.2, 0) is 6.54 Å². The molecule has 0 unspecified atom stereocenters. The van der Waals surface area contributed by atoms with Gasteiger partial charge in [0.2, 0.25) is 0 Å². The number of rotatable bonds is 4. The van der Waals surface area contributed by atoms with Crippen LogP contribution in [-0.4, -0.2) is 10.4 Å². The number of thiazole rings is 1. The van der Waals surface area contributed by atoms with Crippen molar-refractivity contribution < 1.29 is 9.18 Å². The molecule has 0 N–H and O–H groups in total. The molecule has 1 aromatic carbocycles. The van der Waals surface area contributed by atoms with Crippen LogP contribution < -0.4 is 4.87 Å². The van der Waals surface area contributed by atoms with Gasteiger partial charge in [0.25, 0.3) is 0 Å². The van der Waals surface area contributed by atoms with Crippen LogP contribution in [0.3, 0.4) is 0 Å². The van der Waals surface area contributed by atoms with E-state index in [0.717, 1.165) is 10.6 Å². The molecule has 1 aromatic heterocycles. The maximum absolute atomic E-state index is 12.8. The van der Waals surface area contributed by atoms with Crippen molar-refractivity contribution in [3.63, 3.8) is 0 Å². The Bertz CT molecular complexity index is 655. The number of halogens is 1. The number of hydrogen-bond acceptors (Lipinski definition) is 3. The molecule has 3 nitrogen and oxygen atoms in total. The topological polar surface area (TPSA) is 39.1 Å². The van der Waals surface area contributed by atoms with Crippen LogP contribution in [0.2, 0.25) is 0 Å². The Hall–Kier alpha value is -1.75. The molecular weight excluding hydrogens is 265 g/mol. The average molecular weight is 279 g/mol. The maximum atomic E-state index is 12.8. The average Bonchev–Trinajstić information content (AvgIpc) is 2.62. The summed E-state index contributed by atoms with van der Waals surface area (Å²) in [6.07, 6.45) is 0.239. The van der Waals surface area contributed by atoms with E-state index in [1.807, 2.05) is 13.8 Å². The van der Waals surface area contributed by atoms with Gasteiger partial charge in [-0.15, -0.1) is 0 Å². The van der Waals surface area contributed by atoms with Crippen molar-refractivity contribution >= 4 is 17.1 Å². The standard InChI is InChI=1S/C14H14FNO2S/c1-9-10(2)19-14(18)16(9)8-7-13(17)11-3-5-12(15)6-4-11/h3-6H,7-8H2,1-2H3. The first-order valence-electron chi connectivity index (χ1n) is 5.94. The van der Waals surface area contributed by atoms with Crippen LogP contribution in [0.25, 0.3) is 0 Å². The lowest BCUT2D eigenvalue weighted by atomic mass is 10.1. The first-order valence-corrected chi connectivity index (χ1v) is 6.76. The Balaban J connectivity index is 2.08. The van der Waals surface area contributed by atoms with Crippen molar-refractivity contribution in [1.29, 1.82) is 0 Å². The van der Waals surface area contributed by atoms with Crippen LogP contribution in [0.1, 0.15) is 27.3 Å². The molecule has 2 aromatic rings. The Kier molecular flexibility index (Phi) is 3.95. The van der Waals surface area contributed by atoms with E-state index in [4.69, 9.17) is 0 Å². The van der Waals surface area contributed by atoms with E-state index < -0.39 is 0 Å². The molecule has 0 fully saturated rings. The third kappa shape index (κ3) is 2.98. The lowest BCUT2D eigenvalue weighted by molar-refractivity contribution is 0.0976. The van der Waals surface area contributed by atoms with Gasteiger partial charge in [-0.25, -0.2) is 4.39 Å². The monoisotopic (exact) mass is 279 g/mol. The van der Waals surface area contributed by atoms with E-state index in [1.54, 1.807) is 4.57 Å². The van der Waals surface area contributed by atoms with E-state index in [2.05, 4.69) is 0 Å². The summed E-state index contributed by atoms with van der Waals surface area (Å²) in [7, 11) is 0. The number of Topliss-reactive ketones (excluding diaryl/α,β-unsaturated/α-hetero) is 1. The Morgan fingerprint density at radius 2 is 1.89 bits per heavy atom. The van der Waals surface area contributed by atoms with Crippen LogP contribution in [0, 0.1) is 19.7 Å². The van der Waals surface area contributed by atoms with E-state index in [1.165, 1.54) is 35.6 Å². The highest BCUT2D eigenvalue weighted by Gasteiger charge is 2.10. The summed E-state index contributed by atoms with van der Waals surface area (Å²) in [5.74, 6) is -0.452. The van der Waals surface area contributed by atoms with Crippen molar-refractivity contribution in [2.75, 3.05) is 0 Å². The molecule has 1 heterocycles. The highest BCUT2D eigenvalue weighted by molar-refractivity contribution is 7.09. The van der Waals surface area contributed by atoms with E-state index >= 15 is 0 Å². The molecule has 0 aliphatic heterocycles. The van der Waals surface area contributed by atoms with Gasteiger partial charge in [0, 0.05) is 29.1 Å². The number of nitrogens with zero attached hydrogens (tertiary/aromatic N) is 1. The molecule has 0 aliphatic carbocycles. The van der Waals surface area contributed by atoms with Gasteiger partial charge in [0.1, 0.15) is 5.82 Å². The van der Waals surface area contributed by atoms with Gasteiger partial charge in [-0.05, 0) is 38.1 Å². The SMILES string of the molecule is Cc1sc(=O)n(CCC(=O)c2ccc(F)cc2)c1C. The van der Waals surface area contributed by atoms with Crippen LogP contribution in [0.15, 0.2) is 29.1 Å². The number of ketones is 1. The van der Waals surface area contributed by atoms with Gasteiger partial charge >= 0.3 is 4.87 Å². The number of carbonyl (C=O) groups excluding carboxylic acids is 1. The van der Waals surface area contributed by atoms with Gasteiger partial charge in [-0.1, -0.05) is 11.3 Å². The summed E-state index contributed by atoms with van der Waals surface area (Å²) in [5.41, 5.74) is 1.38. The molecule has 0 spiro atoms. The minimum Gasteiger partial charge on any atom is -0.303 e. The largest absolute Gasteiger partial charge is 0.307 e. The summed E-state index contributed by atoms with van der Waals surface area (Å²) in [6.45, 7) is 4.13. The molecule has 0 saturated carbocycles. The molecular formula is C14H14FNO2S. The number of aryl methyl sites for hydroxylation is 1. The minimum atomic E-state index is -0.364. The number of aromatic nitrogens is 1. The van der Waals surface area contributed by atoms with Crippen molar-refractivity contribution in [1.82, 2.24) is 4.57 Å². The minimum absolute atomic E-state index is 0.0399. The summed E-state index contributed by atoms with van der Waals surface area (Å²) >= 11 is 1.19. The third-order valence-electron chi connectivity index (χ3n) is 3.10. The molecule has 0 amide bonds. The highest BCUT2D eigenvalue weighted by atomic mass is 32.1. The van der Waals surface area contributed by atoms with Gasteiger partial charge in [-0.2, -0.15) is 0 Å². The van der Waals surface area contributed by atoms with Gasteiger partial charge in [-0.3, -0.25) is 9.59 Å². The zero-order valence-corrected chi connectivity index (χ0v) is 11.6. The van der Waals surface area contributed by atoms with Gasteiger partial charge in [0.15, 0.2) is 5.78 Å². The van der Waals surface area contributed by atoms with Crippen molar-refractivity contribution in [3.05, 3.63) is 55.9 Å². The third-order valence-corrected chi connectivity index (χ3v) is 4.10. The summed E-state index contributed by atoms with van der Waals surface area (Å²) in [4.78, 5) is 24.5. The Morgan fingerprint density at radius 3 is 2.42 bits per heavy atom. The predicted molar refractivity (Wildman–Crippen MR) is 73.4 cm³/mol. The predicted octanol–water partition coefficient (Wildman–Crippen LogP) is 2.94. The summed E-state index contributed by atoms with van der Waals surface area (Å²) in [6, 6.07) is 5.46. The van der Waals surface area contributed by atoms with Crippen molar-refractivity contribution in [2.24, 2.45) is 0 Å². The number of hydrogen-bond donors (Lipinski definition) is 0. The summed E-state index contributed by atoms with van der Waals surface area (Å²) < 4.78 is 14.4. The number of benzene rings is 1. The smallest absolute Gasteiger partial charge is 0.303 e. The van der Waals surface area contributed by atoms with E-state index in [9.17, 15) is 14.0 Å². The van der Waals surface area contributed by atoms with Crippen LogP contribution >= 0.6 is 11.3 Å². The zero-order chi connectivity index (χ0) is 14.0. The molecule has 0 atom stereocenters. The molecule has 0 bridgehead atoms. The molecule has 100 valence electrons. The molecule has 0 radical (unpaired) electrons. The second-order valence-electron chi connectivity index (χ2n) is 4.34. The van der Waals surface area contributed by atoms with E-state index in [-0.39, 0.29) is 22.9 Å². The first kappa shape index (κ1) is 13.7. The molecule has 0 saturated heterocycles. The highest BCUT2D eigenvalue weighted by Crippen LogP contribution is 2.11. The fourth-order valence-corrected chi connectivity index (χ4v) is 2.70. The molecule has 2 rings (SSSR count). The quantitative estimate of drug-likeness (QED) is 0.807. The van der Waals surface area contributed by atoms with E-state index in [0.29, 0.717) is 12.1 Å². The fourth-order valence-electron chi connectivity index (χ4n) is 1.84. The van der Waals surface area contributed by atoms with Crippen molar-refractivity contribution in [3.8, 4) is 0 Å². The Morgan fingerprint density at radius 1 is 1.26 bits per heavy atom. The summed E-state index contributed by atoms with van der Waals surface area (Å²) in [5, 5.41) is 0.